The number of nitrogens with zero attached hydrogens (tertiary/aromatic N) is 1. The van der Waals surface area contributed by atoms with Gasteiger partial charge in [-0.15, -0.1) is 0 Å². The van der Waals surface area contributed by atoms with Gasteiger partial charge in [-0.25, -0.2) is 0 Å². The Hall–Kier alpha value is -0.120. The van der Waals surface area contributed by atoms with E-state index in [0.717, 1.165) is 12.6 Å². The first-order chi connectivity index (χ1) is 8.69. The van der Waals surface area contributed by atoms with Gasteiger partial charge in [-0.05, 0) is 53.9 Å². The normalized spacial score (nSPS) is 41.8. The van der Waals surface area contributed by atoms with Crippen molar-refractivity contribution in [3.63, 3.8) is 0 Å². The highest BCUT2D eigenvalue weighted by atomic mass is 16.5. The summed E-state index contributed by atoms with van der Waals surface area (Å²) in [7, 11) is 0. The number of nitrogens with two attached hydrogens (primary N) is 1. The number of hydrogen-bond acceptors (Lipinski definition) is 3. The van der Waals surface area contributed by atoms with Crippen molar-refractivity contribution >= 4 is 0 Å². The monoisotopic (exact) mass is 268 g/mol. The van der Waals surface area contributed by atoms with Crippen LogP contribution in [0.25, 0.3) is 0 Å². The van der Waals surface area contributed by atoms with Crippen molar-refractivity contribution in [2.45, 2.75) is 90.1 Å². The highest BCUT2D eigenvalue weighted by molar-refractivity contribution is 5.05. The third-order valence-electron chi connectivity index (χ3n) is 5.49. The van der Waals surface area contributed by atoms with Crippen LogP contribution in [-0.4, -0.2) is 40.8 Å². The molecule has 2 heterocycles. The molecule has 0 saturated carbocycles. The molecule has 0 spiro atoms. The fourth-order valence-electron chi connectivity index (χ4n) is 4.19. The van der Waals surface area contributed by atoms with E-state index in [-0.39, 0.29) is 17.2 Å². The lowest BCUT2D eigenvalue weighted by Gasteiger charge is -2.36. The van der Waals surface area contributed by atoms with Gasteiger partial charge in [0.2, 0.25) is 0 Å². The van der Waals surface area contributed by atoms with Crippen molar-refractivity contribution in [1.82, 2.24) is 4.90 Å². The van der Waals surface area contributed by atoms with E-state index < -0.39 is 0 Å². The Morgan fingerprint density at radius 3 is 2.26 bits per heavy atom. The van der Waals surface area contributed by atoms with Gasteiger partial charge in [0, 0.05) is 30.6 Å². The maximum Gasteiger partial charge on any atom is 0.0788 e. The Balaban J connectivity index is 2.13. The first kappa shape index (κ1) is 15.3. The second-order valence-electron chi connectivity index (χ2n) is 7.63. The fourth-order valence-corrected chi connectivity index (χ4v) is 4.19. The van der Waals surface area contributed by atoms with E-state index in [2.05, 4.69) is 46.4 Å². The average Bonchev–Trinajstić information content (AvgIpc) is 2.70. The molecule has 19 heavy (non-hydrogen) atoms. The molecule has 0 aromatic rings. The molecule has 2 aliphatic heterocycles. The van der Waals surface area contributed by atoms with Gasteiger partial charge in [0.05, 0.1) is 11.2 Å². The van der Waals surface area contributed by atoms with Gasteiger partial charge in [-0.1, -0.05) is 6.92 Å². The molecule has 2 rings (SSSR count). The Labute approximate surface area is 118 Å². The molecule has 112 valence electrons. The van der Waals surface area contributed by atoms with E-state index in [1.807, 2.05) is 0 Å². The molecule has 0 aromatic carbocycles. The summed E-state index contributed by atoms with van der Waals surface area (Å²) >= 11 is 0. The average molecular weight is 268 g/mol. The van der Waals surface area contributed by atoms with Crippen LogP contribution in [0.3, 0.4) is 0 Å². The Kier molecular flexibility index (Phi) is 4.03. The smallest absolute Gasteiger partial charge is 0.0788 e. The van der Waals surface area contributed by atoms with Gasteiger partial charge in [0.25, 0.3) is 0 Å². The molecule has 3 nitrogen and oxygen atoms in total. The molecule has 2 aliphatic rings. The predicted molar refractivity (Wildman–Crippen MR) is 80.2 cm³/mol. The minimum absolute atomic E-state index is 0.118. The number of hydrogen-bond donors (Lipinski definition) is 1. The molecule has 4 atom stereocenters. The van der Waals surface area contributed by atoms with Crippen LogP contribution in [0.1, 0.15) is 60.8 Å². The lowest BCUT2D eigenvalue weighted by molar-refractivity contribution is -0.0793. The number of rotatable bonds is 3. The molecule has 0 amide bonds. The van der Waals surface area contributed by atoms with Crippen LogP contribution in [0, 0.1) is 5.92 Å². The van der Waals surface area contributed by atoms with Gasteiger partial charge in [0.1, 0.15) is 0 Å². The Bertz CT molecular complexity index is 327. The summed E-state index contributed by atoms with van der Waals surface area (Å²) in [6, 6.07) is 1.55. The molecule has 2 saturated heterocycles. The van der Waals surface area contributed by atoms with Gasteiger partial charge >= 0.3 is 0 Å². The van der Waals surface area contributed by atoms with Gasteiger partial charge in [-0.3, -0.25) is 4.90 Å². The van der Waals surface area contributed by atoms with Crippen molar-refractivity contribution in [3.8, 4) is 0 Å². The minimum Gasteiger partial charge on any atom is -0.368 e. The van der Waals surface area contributed by atoms with Crippen LogP contribution in [0.2, 0.25) is 0 Å². The van der Waals surface area contributed by atoms with E-state index in [9.17, 15) is 0 Å². The minimum atomic E-state index is -0.209. The van der Waals surface area contributed by atoms with E-state index in [4.69, 9.17) is 10.5 Å². The second kappa shape index (κ2) is 5.01. The van der Waals surface area contributed by atoms with E-state index >= 15 is 0 Å². The van der Waals surface area contributed by atoms with Crippen LogP contribution in [-0.2, 0) is 4.74 Å². The summed E-state index contributed by atoms with van der Waals surface area (Å²) in [4.78, 5) is 2.68. The van der Waals surface area contributed by atoms with Crippen LogP contribution in [0.4, 0.5) is 0 Å². The molecule has 0 aliphatic carbocycles. The predicted octanol–water partition coefficient (Wildman–Crippen LogP) is 2.78. The molecule has 2 fully saturated rings. The van der Waals surface area contributed by atoms with Crippen molar-refractivity contribution in [2.24, 2.45) is 11.7 Å². The van der Waals surface area contributed by atoms with Gasteiger partial charge < -0.3 is 10.5 Å². The van der Waals surface area contributed by atoms with Crippen LogP contribution < -0.4 is 5.73 Å². The summed E-state index contributed by atoms with van der Waals surface area (Å²) in [5.74, 6) is 0.414. The van der Waals surface area contributed by atoms with Crippen LogP contribution >= 0.6 is 0 Å². The molecule has 0 radical (unpaired) electrons. The first-order valence-corrected chi connectivity index (χ1v) is 7.90. The number of ether oxygens (including phenoxy) is 1. The van der Waals surface area contributed by atoms with Crippen molar-refractivity contribution < 1.29 is 4.74 Å². The topological polar surface area (TPSA) is 38.5 Å². The van der Waals surface area contributed by atoms with Crippen molar-refractivity contribution in [1.29, 1.82) is 0 Å². The lowest BCUT2D eigenvalue weighted by Crippen LogP contribution is -2.50. The molecule has 2 N–H and O–H groups in total. The zero-order valence-corrected chi connectivity index (χ0v) is 13.6. The van der Waals surface area contributed by atoms with Crippen LogP contribution in [0.15, 0.2) is 0 Å². The largest absolute Gasteiger partial charge is 0.368 e. The summed E-state index contributed by atoms with van der Waals surface area (Å²) in [6.45, 7) is 14.4. The molecule has 0 bridgehead atoms. The summed E-state index contributed by atoms with van der Waals surface area (Å²) in [6.07, 6.45) is 3.91. The number of likely N-dealkylation sites (tertiary alicyclic amines) is 1. The maximum absolute atomic E-state index is 6.49. The van der Waals surface area contributed by atoms with Crippen LogP contribution in [0.5, 0.6) is 0 Å². The maximum atomic E-state index is 6.49. The molecule has 3 heteroatoms. The molecule has 4 unspecified atom stereocenters. The molecular weight excluding hydrogens is 236 g/mol. The fraction of sp³-hybridized carbons (Fsp3) is 1.00. The third-order valence-corrected chi connectivity index (χ3v) is 5.49. The van der Waals surface area contributed by atoms with E-state index in [1.54, 1.807) is 0 Å². The second-order valence-corrected chi connectivity index (χ2v) is 7.63. The van der Waals surface area contributed by atoms with Crippen molar-refractivity contribution in [3.05, 3.63) is 0 Å². The van der Waals surface area contributed by atoms with Gasteiger partial charge in [0.15, 0.2) is 0 Å². The van der Waals surface area contributed by atoms with E-state index in [1.165, 1.54) is 19.3 Å². The van der Waals surface area contributed by atoms with Gasteiger partial charge in [-0.2, -0.15) is 0 Å². The zero-order valence-electron chi connectivity index (χ0n) is 13.6. The van der Waals surface area contributed by atoms with Crippen molar-refractivity contribution in [2.75, 3.05) is 6.54 Å². The Morgan fingerprint density at radius 1 is 1.16 bits per heavy atom. The summed E-state index contributed by atoms with van der Waals surface area (Å²) < 4.78 is 6.22. The summed E-state index contributed by atoms with van der Waals surface area (Å²) in [5.41, 5.74) is 6.16. The molecule has 0 aromatic heterocycles. The standard InChI is InChI=1S/C16H32N2O/c1-7-12-9-8-11(2)18(12)10-13-14(17)16(5,6)19-15(13,3)4/h11-14H,7-10,17H2,1-6H3. The third kappa shape index (κ3) is 2.70. The molecular formula is C16H32N2O. The quantitative estimate of drug-likeness (QED) is 0.855. The zero-order chi connectivity index (χ0) is 14.4. The lowest BCUT2D eigenvalue weighted by atomic mass is 9.82. The first-order valence-electron chi connectivity index (χ1n) is 7.90. The summed E-state index contributed by atoms with van der Waals surface area (Å²) in [5, 5.41) is 0. The highest BCUT2D eigenvalue weighted by Crippen LogP contribution is 2.42. The Morgan fingerprint density at radius 2 is 1.79 bits per heavy atom. The van der Waals surface area contributed by atoms with E-state index in [0.29, 0.717) is 12.0 Å². The SMILES string of the molecule is CCC1CCC(C)N1CC1C(N)C(C)(C)OC1(C)C. The highest BCUT2D eigenvalue weighted by Gasteiger charge is 2.53.